The van der Waals surface area contributed by atoms with Crippen LogP contribution in [0.1, 0.15) is 28.4 Å². The van der Waals surface area contributed by atoms with Crippen LogP contribution in [0.5, 0.6) is 0 Å². The minimum Gasteiger partial charge on any atom is -0.399 e. The quantitative estimate of drug-likeness (QED) is 0.796. The van der Waals surface area contributed by atoms with Crippen molar-refractivity contribution in [3.05, 3.63) is 57.6 Å². The first-order chi connectivity index (χ1) is 9.97. The Morgan fingerprint density at radius 1 is 1.29 bits per heavy atom. The first kappa shape index (κ1) is 14.1. The van der Waals surface area contributed by atoms with Gasteiger partial charge in [0.05, 0.1) is 0 Å². The van der Waals surface area contributed by atoms with E-state index in [1.165, 1.54) is 0 Å². The summed E-state index contributed by atoms with van der Waals surface area (Å²) in [6.45, 7) is 4.03. The summed E-state index contributed by atoms with van der Waals surface area (Å²) in [5, 5.41) is 0. The number of carbonyl (C=O) groups excluding carboxylic acids is 1. The van der Waals surface area contributed by atoms with Gasteiger partial charge in [-0.05, 0) is 67.8 Å². The molecule has 1 aliphatic rings. The molecule has 0 aromatic heterocycles. The Morgan fingerprint density at radius 3 is 2.76 bits per heavy atom. The number of nitrogens with zero attached hydrogens (tertiary/aromatic N) is 1. The van der Waals surface area contributed by atoms with Crippen molar-refractivity contribution < 1.29 is 4.79 Å². The number of aryl methyl sites for hydroxylation is 1. The molecule has 0 saturated carbocycles. The average Bonchev–Trinajstić information content (AvgIpc) is 2.73. The van der Waals surface area contributed by atoms with E-state index >= 15 is 0 Å². The number of anilines is 2. The van der Waals surface area contributed by atoms with Gasteiger partial charge in [0.25, 0.3) is 5.91 Å². The summed E-state index contributed by atoms with van der Waals surface area (Å²) >= 11 is 3.44. The molecule has 21 heavy (non-hydrogen) atoms. The largest absolute Gasteiger partial charge is 0.399 e. The molecule has 0 bridgehead atoms. The fourth-order valence-electron chi connectivity index (χ4n) is 2.96. The van der Waals surface area contributed by atoms with Crippen molar-refractivity contribution in [1.29, 1.82) is 0 Å². The normalized spacial score (nSPS) is 16.9. The Labute approximate surface area is 132 Å². The number of amides is 1. The topological polar surface area (TPSA) is 46.3 Å². The lowest BCUT2D eigenvalue weighted by Gasteiger charge is -2.23. The molecule has 3 nitrogen and oxygen atoms in total. The highest BCUT2D eigenvalue weighted by Gasteiger charge is 2.32. The number of nitrogens with two attached hydrogens (primary N) is 1. The van der Waals surface area contributed by atoms with Crippen LogP contribution < -0.4 is 10.6 Å². The molecule has 1 heterocycles. The second-order valence-electron chi connectivity index (χ2n) is 5.58. The predicted molar refractivity (Wildman–Crippen MR) is 89.7 cm³/mol. The summed E-state index contributed by atoms with van der Waals surface area (Å²) in [6.07, 6.45) is 0.849. The summed E-state index contributed by atoms with van der Waals surface area (Å²) in [7, 11) is 0. The molecule has 0 fully saturated rings. The second-order valence-corrected chi connectivity index (χ2v) is 6.49. The minimum atomic E-state index is 0.0519. The van der Waals surface area contributed by atoms with Gasteiger partial charge in [0.2, 0.25) is 0 Å². The summed E-state index contributed by atoms with van der Waals surface area (Å²) in [5.74, 6) is 0.0519. The number of hydrogen-bond donors (Lipinski definition) is 1. The number of carbonyl (C=O) groups is 1. The van der Waals surface area contributed by atoms with Gasteiger partial charge in [0, 0.05) is 27.5 Å². The van der Waals surface area contributed by atoms with Crippen LogP contribution in [0.4, 0.5) is 11.4 Å². The fourth-order valence-corrected chi connectivity index (χ4v) is 3.43. The zero-order valence-corrected chi connectivity index (χ0v) is 13.6. The fraction of sp³-hybridized carbons (Fsp3) is 0.235. The second kappa shape index (κ2) is 5.19. The lowest BCUT2D eigenvalue weighted by Crippen LogP contribution is -2.36. The molecule has 0 spiro atoms. The number of hydrogen-bond acceptors (Lipinski definition) is 2. The molecule has 2 aromatic rings. The van der Waals surface area contributed by atoms with Crippen molar-refractivity contribution in [3.8, 4) is 0 Å². The van der Waals surface area contributed by atoms with Crippen molar-refractivity contribution in [2.24, 2.45) is 0 Å². The maximum absolute atomic E-state index is 12.9. The van der Waals surface area contributed by atoms with Crippen LogP contribution in [0, 0.1) is 6.92 Å². The van der Waals surface area contributed by atoms with Crippen molar-refractivity contribution in [1.82, 2.24) is 0 Å². The van der Waals surface area contributed by atoms with Gasteiger partial charge in [-0.1, -0.05) is 15.9 Å². The van der Waals surface area contributed by atoms with Gasteiger partial charge in [-0.15, -0.1) is 0 Å². The van der Waals surface area contributed by atoms with Crippen LogP contribution in [0.3, 0.4) is 0 Å². The predicted octanol–water partition coefficient (Wildman–Crippen LogP) is 3.93. The summed E-state index contributed by atoms with van der Waals surface area (Å²) in [5.41, 5.74) is 10.4. The number of halogens is 1. The Kier molecular flexibility index (Phi) is 3.49. The van der Waals surface area contributed by atoms with E-state index in [0.29, 0.717) is 0 Å². The third-order valence-corrected chi connectivity index (χ3v) is 4.45. The van der Waals surface area contributed by atoms with Gasteiger partial charge in [0.1, 0.15) is 0 Å². The van der Waals surface area contributed by atoms with Crippen LogP contribution >= 0.6 is 15.9 Å². The molecule has 2 N–H and O–H groups in total. The van der Waals surface area contributed by atoms with E-state index in [-0.39, 0.29) is 11.9 Å². The van der Waals surface area contributed by atoms with Gasteiger partial charge in [-0.25, -0.2) is 0 Å². The molecule has 108 valence electrons. The van der Waals surface area contributed by atoms with Gasteiger partial charge in [-0.3, -0.25) is 4.79 Å². The van der Waals surface area contributed by atoms with Gasteiger partial charge in [-0.2, -0.15) is 0 Å². The maximum Gasteiger partial charge on any atom is 0.258 e. The van der Waals surface area contributed by atoms with E-state index in [4.69, 9.17) is 5.73 Å². The maximum atomic E-state index is 12.9. The Morgan fingerprint density at radius 2 is 2.05 bits per heavy atom. The number of nitrogen functional groups attached to an aromatic ring is 1. The van der Waals surface area contributed by atoms with E-state index in [1.54, 1.807) is 0 Å². The minimum absolute atomic E-state index is 0.0519. The first-order valence-corrected chi connectivity index (χ1v) is 7.75. The number of rotatable bonds is 1. The highest BCUT2D eigenvalue weighted by Crippen LogP contribution is 2.35. The molecule has 0 radical (unpaired) electrons. The molecule has 1 unspecified atom stereocenters. The van der Waals surface area contributed by atoms with Gasteiger partial charge in [0.15, 0.2) is 0 Å². The molecule has 3 rings (SSSR count). The van der Waals surface area contributed by atoms with Crippen molar-refractivity contribution in [2.45, 2.75) is 26.3 Å². The zero-order chi connectivity index (χ0) is 15.1. The third kappa shape index (κ3) is 2.44. The van der Waals surface area contributed by atoms with Crippen LogP contribution in [0.15, 0.2) is 40.9 Å². The SMILES string of the molecule is Cc1cc(Br)ccc1C(=O)N1c2ccc(N)cc2CC1C. The zero-order valence-electron chi connectivity index (χ0n) is 12.1. The number of fused-ring (bicyclic) bond motifs is 1. The highest BCUT2D eigenvalue weighted by atomic mass is 79.9. The smallest absolute Gasteiger partial charge is 0.258 e. The third-order valence-electron chi connectivity index (χ3n) is 3.96. The molecule has 4 heteroatoms. The van der Waals surface area contributed by atoms with E-state index in [1.807, 2.05) is 48.2 Å². The van der Waals surface area contributed by atoms with E-state index < -0.39 is 0 Å². The first-order valence-electron chi connectivity index (χ1n) is 6.95. The highest BCUT2D eigenvalue weighted by molar-refractivity contribution is 9.10. The molecule has 1 amide bonds. The molecule has 0 saturated heterocycles. The molecule has 1 aliphatic heterocycles. The molecular weight excluding hydrogens is 328 g/mol. The van der Waals surface area contributed by atoms with Crippen LogP contribution in [0.2, 0.25) is 0 Å². The average molecular weight is 345 g/mol. The van der Waals surface area contributed by atoms with E-state index in [9.17, 15) is 4.79 Å². The summed E-state index contributed by atoms with van der Waals surface area (Å²) in [4.78, 5) is 14.8. The van der Waals surface area contributed by atoms with Crippen LogP contribution in [-0.2, 0) is 6.42 Å². The van der Waals surface area contributed by atoms with Crippen LogP contribution in [-0.4, -0.2) is 11.9 Å². The monoisotopic (exact) mass is 344 g/mol. The lowest BCUT2D eigenvalue weighted by molar-refractivity contribution is 0.0981. The Balaban J connectivity index is 2.03. The summed E-state index contributed by atoms with van der Waals surface area (Å²) in [6, 6.07) is 11.7. The van der Waals surface area contributed by atoms with Gasteiger partial charge >= 0.3 is 0 Å². The van der Waals surface area contributed by atoms with Crippen molar-refractivity contribution >= 4 is 33.2 Å². The standard InChI is InChI=1S/C17H17BrN2O/c1-10-7-13(18)3-5-15(10)17(21)20-11(2)8-12-9-14(19)4-6-16(12)20/h3-7,9,11H,8,19H2,1-2H3. The molecule has 1 atom stereocenters. The Hall–Kier alpha value is -1.81. The van der Waals surface area contributed by atoms with Crippen molar-refractivity contribution in [3.63, 3.8) is 0 Å². The number of benzene rings is 2. The van der Waals surface area contributed by atoms with Crippen molar-refractivity contribution in [2.75, 3.05) is 10.6 Å². The molecule has 0 aliphatic carbocycles. The van der Waals surface area contributed by atoms with E-state index in [2.05, 4.69) is 22.9 Å². The molecule has 2 aromatic carbocycles. The Bertz CT molecular complexity index is 727. The lowest BCUT2D eigenvalue weighted by atomic mass is 10.1. The molecular formula is C17H17BrN2O. The van der Waals surface area contributed by atoms with E-state index in [0.717, 1.165) is 39.0 Å². The van der Waals surface area contributed by atoms with Gasteiger partial charge < -0.3 is 10.6 Å². The summed E-state index contributed by atoms with van der Waals surface area (Å²) < 4.78 is 0.985. The van der Waals surface area contributed by atoms with Crippen LogP contribution in [0.25, 0.3) is 0 Å².